The van der Waals surface area contributed by atoms with Gasteiger partial charge < -0.3 is 20.0 Å². The Morgan fingerprint density at radius 3 is 1.29 bits per heavy atom. The van der Waals surface area contributed by atoms with Crippen molar-refractivity contribution in [3.05, 3.63) is 0 Å². The molecule has 0 atom stereocenters. The summed E-state index contributed by atoms with van der Waals surface area (Å²) < 4.78 is 0. The standard InChI is InChI=1S/C10H24N2O2/c1-3-11(7-9-13)5-6-12(4-2)8-10-14/h13-14H,3-10H2,1-2H3. The molecule has 0 radical (unpaired) electrons. The minimum Gasteiger partial charge on any atom is -0.395 e. The third kappa shape index (κ3) is 6.32. The van der Waals surface area contributed by atoms with E-state index in [1.807, 2.05) is 0 Å². The largest absolute Gasteiger partial charge is 0.395 e. The second-order valence-corrected chi connectivity index (χ2v) is 3.32. The van der Waals surface area contributed by atoms with E-state index < -0.39 is 0 Å². The number of aliphatic hydroxyl groups is 2. The number of likely N-dealkylation sites (N-methyl/N-ethyl adjacent to an activating group) is 2. The monoisotopic (exact) mass is 204 g/mol. The van der Waals surface area contributed by atoms with Gasteiger partial charge in [-0.2, -0.15) is 0 Å². The summed E-state index contributed by atoms with van der Waals surface area (Å²) in [5.74, 6) is 0. The molecule has 0 spiro atoms. The van der Waals surface area contributed by atoms with Crippen LogP contribution in [0.2, 0.25) is 0 Å². The van der Waals surface area contributed by atoms with Crippen molar-refractivity contribution in [2.75, 3.05) is 52.5 Å². The first kappa shape index (κ1) is 13.8. The van der Waals surface area contributed by atoms with E-state index in [1.165, 1.54) is 0 Å². The first-order chi connectivity index (χ1) is 6.78. The fraction of sp³-hybridized carbons (Fsp3) is 1.00. The van der Waals surface area contributed by atoms with Crippen molar-refractivity contribution in [2.24, 2.45) is 0 Å². The van der Waals surface area contributed by atoms with Crippen LogP contribution in [-0.4, -0.2) is 72.5 Å². The molecule has 0 aliphatic heterocycles. The fourth-order valence-corrected chi connectivity index (χ4v) is 1.42. The van der Waals surface area contributed by atoms with Crippen LogP contribution in [-0.2, 0) is 0 Å². The molecule has 86 valence electrons. The van der Waals surface area contributed by atoms with Crippen molar-refractivity contribution in [3.8, 4) is 0 Å². The second-order valence-electron chi connectivity index (χ2n) is 3.32. The Labute approximate surface area is 87.1 Å². The van der Waals surface area contributed by atoms with E-state index in [0.717, 1.165) is 39.3 Å². The maximum atomic E-state index is 8.80. The summed E-state index contributed by atoms with van der Waals surface area (Å²) in [6, 6.07) is 0. The molecule has 0 amide bonds. The molecule has 0 heterocycles. The van der Waals surface area contributed by atoms with Gasteiger partial charge in [0.25, 0.3) is 0 Å². The second kappa shape index (κ2) is 9.40. The van der Waals surface area contributed by atoms with Crippen LogP contribution in [0.1, 0.15) is 13.8 Å². The smallest absolute Gasteiger partial charge is 0.0558 e. The molecule has 0 saturated carbocycles. The molecule has 0 aromatic rings. The average molecular weight is 204 g/mol. The lowest BCUT2D eigenvalue weighted by atomic mass is 10.4. The van der Waals surface area contributed by atoms with Gasteiger partial charge in [-0.05, 0) is 13.1 Å². The summed E-state index contributed by atoms with van der Waals surface area (Å²) >= 11 is 0. The zero-order valence-corrected chi connectivity index (χ0v) is 9.45. The molecule has 0 rings (SSSR count). The lowest BCUT2D eigenvalue weighted by molar-refractivity contribution is 0.158. The summed E-state index contributed by atoms with van der Waals surface area (Å²) in [5, 5.41) is 17.6. The molecule has 0 fully saturated rings. The summed E-state index contributed by atoms with van der Waals surface area (Å²) in [5.41, 5.74) is 0. The van der Waals surface area contributed by atoms with Crippen LogP contribution in [0.25, 0.3) is 0 Å². The number of rotatable bonds is 9. The van der Waals surface area contributed by atoms with Crippen LogP contribution in [0, 0.1) is 0 Å². The molecule has 0 unspecified atom stereocenters. The van der Waals surface area contributed by atoms with Crippen molar-refractivity contribution >= 4 is 0 Å². The van der Waals surface area contributed by atoms with Gasteiger partial charge in [0.05, 0.1) is 13.2 Å². The predicted octanol–water partition coefficient (Wildman–Crippen LogP) is -0.385. The first-order valence-corrected chi connectivity index (χ1v) is 5.44. The summed E-state index contributed by atoms with van der Waals surface area (Å²) in [6.45, 7) is 9.99. The maximum absolute atomic E-state index is 8.80. The van der Waals surface area contributed by atoms with Gasteiger partial charge in [-0.25, -0.2) is 0 Å². The predicted molar refractivity (Wildman–Crippen MR) is 58.4 cm³/mol. The van der Waals surface area contributed by atoms with Gasteiger partial charge in [-0.1, -0.05) is 13.8 Å². The van der Waals surface area contributed by atoms with E-state index in [4.69, 9.17) is 10.2 Å². The molecule has 2 N–H and O–H groups in total. The first-order valence-electron chi connectivity index (χ1n) is 5.44. The van der Waals surface area contributed by atoms with Gasteiger partial charge in [-0.3, -0.25) is 0 Å². The molecule has 0 saturated heterocycles. The van der Waals surface area contributed by atoms with E-state index >= 15 is 0 Å². The van der Waals surface area contributed by atoms with Crippen molar-refractivity contribution in [1.82, 2.24) is 9.80 Å². The van der Waals surface area contributed by atoms with E-state index in [2.05, 4.69) is 23.6 Å². The molecule has 0 bridgehead atoms. The lowest BCUT2D eigenvalue weighted by Gasteiger charge is -2.24. The van der Waals surface area contributed by atoms with E-state index in [1.54, 1.807) is 0 Å². The zero-order valence-electron chi connectivity index (χ0n) is 9.45. The van der Waals surface area contributed by atoms with E-state index in [0.29, 0.717) is 0 Å². The quantitative estimate of drug-likeness (QED) is 0.537. The van der Waals surface area contributed by atoms with Gasteiger partial charge in [0.15, 0.2) is 0 Å². The minimum atomic E-state index is 0.222. The third-order valence-corrected chi connectivity index (χ3v) is 2.46. The van der Waals surface area contributed by atoms with Crippen molar-refractivity contribution < 1.29 is 10.2 Å². The number of hydrogen-bond acceptors (Lipinski definition) is 4. The van der Waals surface area contributed by atoms with Gasteiger partial charge in [0.2, 0.25) is 0 Å². The summed E-state index contributed by atoms with van der Waals surface area (Å²) in [4.78, 5) is 4.42. The Hall–Kier alpha value is -0.160. The zero-order chi connectivity index (χ0) is 10.8. The number of hydrogen-bond donors (Lipinski definition) is 2. The molecule has 4 heteroatoms. The minimum absolute atomic E-state index is 0.222. The highest BCUT2D eigenvalue weighted by Crippen LogP contribution is 1.91. The molecule has 4 nitrogen and oxygen atoms in total. The normalized spacial score (nSPS) is 11.6. The van der Waals surface area contributed by atoms with Crippen molar-refractivity contribution in [3.63, 3.8) is 0 Å². The van der Waals surface area contributed by atoms with Crippen LogP contribution in [0.15, 0.2) is 0 Å². The van der Waals surface area contributed by atoms with E-state index in [9.17, 15) is 0 Å². The van der Waals surface area contributed by atoms with Crippen LogP contribution >= 0.6 is 0 Å². The van der Waals surface area contributed by atoms with Gasteiger partial charge in [-0.15, -0.1) is 0 Å². The Morgan fingerprint density at radius 1 is 0.714 bits per heavy atom. The molecular weight excluding hydrogens is 180 g/mol. The van der Waals surface area contributed by atoms with Crippen LogP contribution < -0.4 is 0 Å². The molecule has 0 aromatic heterocycles. The highest BCUT2D eigenvalue weighted by molar-refractivity contribution is 4.60. The molecule has 0 aromatic carbocycles. The topological polar surface area (TPSA) is 46.9 Å². The van der Waals surface area contributed by atoms with Gasteiger partial charge >= 0.3 is 0 Å². The van der Waals surface area contributed by atoms with Gasteiger partial charge in [0, 0.05) is 26.2 Å². The van der Waals surface area contributed by atoms with Crippen molar-refractivity contribution in [2.45, 2.75) is 13.8 Å². The SMILES string of the molecule is CCN(CCO)CCN(CC)CCO. The molecule has 0 aliphatic carbocycles. The van der Waals surface area contributed by atoms with Gasteiger partial charge in [0.1, 0.15) is 0 Å². The van der Waals surface area contributed by atoms with Crippen molar-refractivity contribution in [1.29, 1.82) is 0 Å². The van der Waals surface area contributed by atoms with Crippen LogP contribution in [0.4, 0.5) is 0 Å². The molecular formula is C10H24N2O2. The molecule has 14 heavy (non-hydrogen) atoms. The molecule has 0 aliphatic rings. The van der Waals surface area contributed by atoms with E-state index in [-0.39, 0.29) is 13.2 Å². The highest BCUT2D eigenvalue weighted by atomic mass is 16.3. The Bertz CT molecular complexity index is 109. The van der Waals surface area contributed by atoms with Crippen LogP contribution in [0.5, 0.6) is 0 Å². The lowest BCUT2D eigenvalue weighted by Crippen LogP contribution is -2.37. The maximum Gasteiger partial charge on any atom is 0.0558 e. The Morgan fingerprint density at radius 2 is 1.07 bits per heavy atom. The highest BCUT2D eigenvalue weighted by Gasteiger charge is 2.05. The average Bonchev–Trinajstić information content (AvgIpc) is 2.22. The summed E-state index contributed by atoms with van der Waals surface area (Å²) in [7, 11) is 0. The fourth-order valence-electron chi connectivity index (χ4n) is 1.42. The summed E-state index contributed by atoms with van der Waals surface area (Å²) in [6.07, 6.45) is 0. The number of aliphatic hydroxyl groups excluding tert-OH is 2. The van der Waals surface area contributed by atoms with Crippen LogP contribution in [0.3, 0.4) is 0 Å². The number of nitrogens with zero attached hydrogens (tertiary/aromatic N) is 2. The third-order valence-electron chi connectivity index (χ3n) is 2.46. The Balaban J connectivity index is 3.63. The Kier molecular flexibility index (Phi) is 9.29.